The van der Waals surface area contributed by atoms with Gasteiger partial charge in [0.15, 0.2) is 16.6 Å². The van der Waals surface area contributed by atoms with Crippen molar-refractivity contribution in [1.29, 1.82) is 0 Å². The molecule has 1 N–H and O–H groups in total. The maximum atomic E-state index is 12.9. The van der Waals surface area contributed by atoms with Gasteiger partial charge >= 0.3 is 0 Å². The molecule has 4 atom stereocenters. The van der Waals surface area contributed by atoms with Crippen molar-refractivity contribution in [2.45, 2.75) is 108 Å². The fourth-order valence-electron chi connectivity index (χ4n) is 3.77. The molecule has 0 aliphatic heterocycles. The van der Waals surface area contributed by atoms with Crippen molar-refractivity contribution in [3.8, 4) is 0 Å². The molecular formula is C26H48O6SSi2. The summed E-state index contributed by atoms with van der Waals surface area (Å²) in [6, 6.07) is 6.60. The average Bonchev–Trinajstić information content (AvgIpc) is 2.97. The predicted octanol–water partition coefficient (Wildman–Crippen LogP) is 6.11. The molecule has 0 saturated heterocycles. The Hall–Kier alpha value is -0.556. The molecule has 0 heterocycles. The Morgan fingerprint density at radius 1 is 0.886 bits per heavy atom. The summed E-state index contributed by atoms with van der Waals surface area (Å²) in [6.45, 7) is 24.2. The third-order valence-electron chi connectivity index (χ3n) is 8.42. The molecule has 6 nitrogen and oxygen atoms in total. The van der Waals surface area contributed by atoms with Crippen molar-refractivity contribution in [3.63, 3.8) is 0 Å². The van der Waals surface area contributed by atoms with Crippen LogP contribution in [0.2, 0.25) is 36.3 Å². The van der Waals surface area contributed by atoms with Crippen LogP contribution >= 0.6 is 0 Å². The fourth-order valence-corrected chi connectivity index (χ4v) is 7.13. The van der Waals surface area contributed by atoms with Gasteiger partial charge in [0.1, 0.15) is 0 Å². The Labute approximate surface area is 216 Å². The molecule has 202 valence electrons. The molecule has 1 aliphatic rings. The number of hydrogen-bond donors (Lipinski definition) is 1. The highest BCUT2D eigenvalue weighted by molar-refractivity contribution is 7.86. The van der Waals surface area contributed by atoms with Gasteiger partial charge < -0.3 is 14.0 Å². The van der Waals surface area contributed by atoms with Crippen LogP contribution in [0.15, 0.2) is 29.2 Å². The van der Waals surface area contributed by atoms with Crippen LogP contribution in [0.1, 0.15) is 53.5 Å². The van der Waals surface area contributed by atoms with Crippen molar-refractivity contribution in [3.05, 3.63) is 29.8 Å². The molecule has 0 spiro atoms. The first-order valence-corrected chi connectivity index (χ1v) is 19.9. The van der Waals surface area contributed by atoms with Crippen LogP contribution < -0.4 is 0 Å². The first-order chi connectivity index (χ1) is 15.7. The highest BCUT2D eigenvalue weighted by Gasteiger charge is 2.49. The third kappa shape index (κ3) is 7.49. The van der Waals surface area contributed by atoms with E-state index in [1.54, 1.807) is 24.3 Å². The Bertz CT molecular complexity index is 946. The van der Waals surface area contributed by atoms with Crippen molar-refractivity contribution in [2.24, 2.45) is 11.8 Å². The van der Waals surface area contributed by atoms with Crippen LogP contribution in [0, 0.1) is 18.8 Å². The monoisotopic (exact) mass is 544 g/mol. The van der Waals surface area contributed by atoms with E-state index < -0.39 is 38.8 Å². The second kappa shape index (κ2) is 10.7. The van der Waals surface area contributed by atoms with E-state index in [2.05, 4.69) is 67.7 Å². The van der Waals surface area contributed by atoms with Crippen LogP contribution in [0.3, 0.4) is 0 Å². The van der Waals surface area contributed by atoms with Gasteiger partial charge in [-0.05, 0) is 61.7 Å². The summed E-state index contributed by atoms with van der Waals surface area (Å²) in [6.07, 6.45) is -0.464. The van der Waals surface area contributed by atoms with Crippen molar-refractivity contribution in [1.82, 2.24) is 0 Å². The highest BCUT2D eigenvalue weighted by atomic mass is 32.2. The standard InChI is InChI=1S/C26H48O6SSi2/c1-19-12-14-20(15-13-19)33(28,29)30-17-21-22(18-31-34(8,9)25(2,3)4)24(16-23(21)27)32-35(10,11)26(5,6)7/h12-15,21-24,27H,16-18H2,1-11H3. The van der Waals surface area contributed by atoms with Crippen molar-refractivity contribution < 1.29 is 26.6 Å². The van der Waals surface area contributed by atoms with Crippen molar-refractivity contribution in [2.75, 3.05) is 13.2 Å². The Balaban J connectivity index is 2.28. The normalized spacial score (nSPS) is 24.7. The number of aliphatic hydroxyl groups excluding tert-OH is 1. The zero-order valence-corrected chi connectivity index (χ0v) is 26.5. The van der Waals surface area contributed by atoms with E-state index in [9.17, 15) is 13.5 Å². The Morgan fingerprint density at radius 3 is 1.89 bits per heavy atom. The number of aliphatic hydroxyl groups is 1. The number of benzene rings is 1. The van der Waals surface area contributed by atoms with E-state index in [0.29, 0.717) is 13.0 Å². The molecule has 1 aromatic carbocycles. The van der Waals surface area contributed by atoms with E-state index in [1.807, 2.05) is 6.92 Å². The van der Waals surface area contributed by atoms with E-state index >= 15 is 0 Å². The lowest BCUT2D eigenvalue weighted by atomic mass is 9.95. The largest absolute Gasteiger partial charge is 0.416 e. The van der Waals surface area contributed by atoms with Crippen molar-refractivity contribution >= 4 is 26.8 Å². The molecule has 2 rings (SSSR count). The van der Waals surface area contributed by atoms with Gasteiger partial charge in [-0.2, -0.15) is 8.42 Å². The minimum atomic E-state index is -3.93. The number of hydrogen-bond acceptors (Lipinski definition) is 6. The fraction of sp³-hybridized carbons (Fsp3) is 0.769. The summed E-state index contributed by atoms with van der Waals surface area (Å²) in [5, 5.41) is 11.1. The lowest BCUT2D eigenvalue weighted by molar-refractivity contribution is 0.0515. The van der Waals surface area contributed by atoms with Gasteiger partial charge in [-0.1, -0.05) is 59.2 Å². The van der Waals surface area contributed by atoms with Gasteiger partial charge in [-0.25, -0.2) is 0 Å². The van der Waals surface area contributed by atoms with Gasteiger partial charge in [-0.15, -0.1) is 0 Å². The van der Waals surface area contributed by atoms with E-state index in [-0.39, 0.29) is 33.6 Å². The third-order valence-corrected chi connectivity index (χ3v) is 18.7. The van der Waals surface area contributed by atoms with Gasteiger partial charge in [0.2, 0.25) is 0 Å². The van der Waals surface area contributed by atoms with Crippen LogP contribution in [0.5, 0.6) is 0 Å². The molecule has 4 unspecified atom stereocenters. The van der Waals surface area contributed by atoms with E-state index in [0.717, 1.165) is 5.56 Å². The van der Waals surface area contributed by atoms with Gasteiger partial charge in [-0.3, -0.25) is 4.18 Å². The predicted molar refractivity (Wildman–Crippen MR) is 147 cm³/mol. The Morgan fingerprint density at radius 2 is 1.40 bits per heavy atom. The van der Waals surface area contributed by atoms with Gasteiger partial charge in [0, 0.05) is 18.4 Å². The minimum absolute atomic E-state index is 0.0200. The van der Waals surface area contributed by atoms with E-state index in [4.69, 9.17) is 13.0 Å². The molecule has 0 radical (unpaired) electrons. The minimum Gasteiger partial charge on any atom is -0.416 e. The zero-order valence-electron chi connectivity index (χ0n) is 23.6. The lowest BCUT2D eigenvalue weighted by Crippen LogP contribution is -2.47. The molecule has 1 aromatic rings. The molecule has 0 amide bonds. The molecule has 1 aliphatic carbocycles. The molecular weight excluding hydrogens is 497 g/mol. The lowest BCUT2D eigenvalue weighted by Gasteiger charge is -2.41. The summed E-state index contributed by atoms with van der Waals surface area (Å²) < 4.78 is 44.6. The van der Waals surface area contributed by atoms with Crippen LogP contribution in [-0.4, -0.2) is 55.6 Å². The zero-order chi connectivity index (χ0) is 27.0. The van der Waals surface area contributed by atoms with E-state index in [1.165, 1.54) is 0 Å². The maximum absolute atomic E-state index is 12.9. The smallest absolute Gasteiger partial charge is 0.296 e. The first kappa shape index (κ1) is 30.7. The molecule has 35 heavy (non-hydrogen) atoms. The highest BCUT2D eigenvalue weighted by Crippen LogP contribution is 2.44. The average molecular weight is 545 g/mol. The molecule has 0 aromatic heterocycles. The van der Waals surface area contributed by atoms with Crippen LogP contribution in [0.4, 0.5) is 0 Å². The number of rotatable bonds is 9. The SMILES string of the molecule is Cc1ccc(S(=O)(=O)OCC2C(O)CC(O[Si](C)(C)C(C)(C)C)C2CO[Si](C)(C)C(C)(C)C)cc1. The van der Waals surface area contributed by atoms with Crippen LogP contribution in [0.25, 0.3) is 0 Å². The molecule has 1 saturated carbocycles. The first-order valence-electron chi connectivity index (χ1n) is 12.6. The summed E-state index contributed by atoms with van der Waals surface area (Å²) in [7, 11) is -8.10. The molecule has 9 heteroatoms. The summed E-state index contributed by atoms with van der Waals surface area (Å²) >= 11 is 0. The molecule has 1 fully saturated rings. The summed E-state index contributed by atoms with van der Waals surface area (Å²) in [5.74, 6) is -0.545. The number of aryl methyl sites for hydroxylation is 1. The second-order valence-corrected chi connectivity index (χ2v) is 24.4. The summed E-state index contributed by atoms with van der Waals surface area (Å²) in [4.78, 5) is 0.124. The van der Waals surface area contributed by atoms with Gasteiger partial charge in [0.05, 0.1) is 23.7 Å². The second-order valence-electron chi connectivity index (χ2n) is 13.2. The summed E-state index contributed by atoms with van der Waals surface area (Å²) in [5.41, 5.74) is 0.976. The molecule has 0 bridgehead atoms. The quantitative estimate of drug-likeness (QED) is 0.298. The Kier molecular flexibility index (Phi) is 9.35. The van der Waals surface area contributed by atoms with Gasteiger partial charge in [0.25, 0.3) is 10.1 Å². The topological polar surface area (TPSA) is 82.1 Å². The van der Waals surface area contributed by atoms with Crippen LogP contribution in [-0.2, 0) is 23.2 Å². The maximum Gasteiger partial charge on any atom is 0.296 e.